The van der Waals surface area contributed by atoms with Crippen LogP contribution >= 0.6 is 11.3 Å². The summed E-state index contributed by atoms with van der Waals surface area (Å²) in [5.41, 5.74) is 7.32. The van der Waals surface area contributed by atoms with Gasteiger partial charge in [-0.15, -0.1) is 11.3 Å². The van der Waals surface area contributed by atoms with Gasteiger partial charge in [0.15, 0.2) is 5.82 Å². The first-order valence-corrected chi connectivity index (χ1v) is 10.3. The molecule has 1 unspecified atom stereocenters. The Balaban J connectivity index is 1.83. The molecule has 3 aromatic rings. The normalized spacial score (nSPS) is 20.4. The Labute approximate surface area is 171 Å². The van der Waals surface area contributed by atoms with Crippen molar-refractivity contribution >= 4 is 27.4 Å². The first kappa shape index (κ1) is 19.9. The average Bonchev–Trinajstić information content (AvgIpc) is 3.00. The lowest BCUT2D eigenvalue weighted by Crippen LogP contribution is -2.49. The van der Waals surface area contributed by atoms with Gasteiger partial charge in [-0.25, -0.2) is 14.4 Å². The molecule has 0 bridgehead atoms. The molecule has 2 atom stereocenters. The third-order valence-corrected chi connectivity index (χ3v) is 6.84. The summed E-state index contributed by atoms with van der Waals surface area (Å²) in [4.78, 5) is 23.8. The van der Waals surface area contributed by atoms with Crippen LogP contribution in [0.15, 0.2) is 17.1 Å². The minimum absolute atomic E-state index is 0.00198. The number of rotatable bonds is 3. The molecule has 7 nitrogen and oxygen atoms in total. The zero-order chi connectivity index (χ0) is 20.9. The number of aromatic nitrogens is 3. The largest absolute Gasteiger partial charge is 0.378 e. The molecular weight excluding hydrogens is 393 g/mol. The molecule has 0 aliphatic carbocycles. The molecule has 1 aliphatic rings. The van der Waals surface area contributed by atoms with Crippen molar-refractivity contribution in [1.82, 2.24) is 19.4 Å². The number of ether oxygens (including phenoxy) is 1. The Bertz CT molecular complexity index is 1130. The minimum atomic E-state index is -0.554. The summed E-state index contributed by atoms with van der Waals surface area (Å²) < 4.78 is 22.5. The quantitative estimate of drug-likeness (QED) is 0.705. The number of pyridine rings is 1. The van der Waals surface area contributed by atoms with Gasteiger partial charge in [-0.1, -0.05) is 0 Å². The van der Waals surface area contributed by atoms with E-state index in [4.69, 9.17) is 10.5 Å². The van der Waals surface area contributed by atoms with E-state index in [-0.39, 0.29) is 29.3 Å². The fourth-order valence-corrected chi connectivity index (χ4v) is 5.15. The Morgan fingerprint density at radius 3 is 2.72 bits per heavy atom. The molecule has 4 heterocycles. The van der Waals surface area contributed by atoms with Crippen molar-refractivity contribution in [2.24, 2.45) is 7.05 Å². The Hall–Kier alpha value is -2.36. The van der Waals surface area contributed by atoms with Crippen molar-refractivity contribution in [3.8, 4) is 10.6 Å². The monoisotopic (exact) mass is 417 g/mol. The number of morpholine rings is 1. The smallest absolute Gasteiger partial charge is 0.259 e. The van der Waals surface area contributed by atoms with Crippen LogP contribution in [-0.2, 0) is 18.3 Å². The second-order valence-electron chi connectivity index (χ2n) is 7.63. The van der Waals surface area contributed by atoms with Crippen LogP contribution in [0.1, 0.15) is 25.1 Å². The van der Waals surface area contributed by atoms with Crippen molar-refractivity contribution in [2.45, 2.75) is 39.4 Å². The van der Waals surface area contributed by atoms with Gasteiger partial charge in [0, 0.05) is 36.1 Å². The number of fused-ring (bicyclic) bond motifs is 1. The van der Waals surface area contributed by atoms with E-state index in [0.29, 0.717) is 35.6 Å². The van der Waals surface area contributed by atoms with Gasteiger partial charge in [0.2, 0.25) is 5.95 Å². The number of anilines is 1. The molecule has 0 radical (unpaired) electrons. The number of hydrogen-bond acceptors (Lipinski definition) is 7. The van der Waals surface area contributed by atoms with Gasteiger partial charge in [-0.3, -0.25) is 9.69 Å². The molecule has 1 aliphatic heterocycles. The maximum Gasteiger partial charge on any atom is 0.259 e. The zero-order valence-corrected chi connectivity index (χ0v) is 17.7. The van der Waals surface area contributed by atoms with E-state index in [0.717, 1.165) is 16.6 Å². The van der Waals surface area contributed by atoms with Crippen molar-refractivity contribution in [3.05, 3.63) is 39.7 Å². The maximum absolute atomic E-state index is 14.3. The molecule has 1 fully saturated rings. The van der Waals surface area contributed by atoms with E-state index in [2.05, 4.69) is 28.7 Å². The molecule has 9 heteroatoms. The summed E-state index contributed by atoms with van der Waals surface area (Å²) >= 11 is 1.36. The van der Waals surface area contributed by atoms with Gasteiger partial charge in [0.05, 0.1) is 29.7 Å². The van der Waals surface area contributed by atoms with Crippen molar-refractivity contribution < 1.29 is 9.13 Å². The highest BCUT2D eigenvalue weighted by molar-refractivity contribution is 7.22. The van der Waals surface area contributed by atoms with Crippen molar-refractivity contribution in [2.75, 3.05) is 18.9 Å². The van der Waals surface area contributed by atoms with Gasteiger partial charge in [-0.2, -0.15) is 0 Å². The van der Waals surface area contributed by atoms with Gasteiger partial charge >= 0.3 is 0 Å². The van der Waals surface area contributed by atoms with Crippen LogP contribution in [0.2, 0.25) is 0 Å². The van der Waals surface area contributed by atoms with Crippen LogP contribution in [0, 0.1) is 12.7 Å². The molecule has 0 amide bonds. The molecule has 29 heavy (non-hydrogen) atoms. The van der Waals surface area contributed by atoms with Gasteiger partial charge in [-0.05, 0) is 32.4 Å². The van der Waals surface area contributed by atoms with E-state index in [1.165, 1.54) is 11.3 Å². The second kappa shape index (κ2) is 7.47. The predicted molar refractivity (Wildman–Crippen MR) is 112 cm³/mol. The highest BCUT2D eigenvalue weighted by Crippen LogP contribution is 2.37. The number of thiophene rings is 1. The number of nitrogens with two attached hydrogens (primary N) is 1. The Morgan fingerprint density at radius 1 is 1.34 bits per heavy atom. The number of hydrogen-bond donors (Lipinski definition) is 1. The van der Waals surface area contributed by atoms with E-state index in [1.54, 1.807) is 11.6 Å². The third kappa shape index (κ3) is 3.43. The summed E-state index contributed by atoms with van der Waals surface area (Å²) in [5.74, 6) is -0.552. The second-order valence-corrected chi connectivity index (χ2v) is 8.68. The third-order valence-electron chi connectivity index (χ3n) is 5.59. The number of halogens is 1. The lowest BCUT2D eigenvalue weighted by Gasteiger charge is -2.38. The predicted octanol–water partition coefficient (Wildman–Crippen LogP) is 2.70. The van der Waals surface area contributed by atoms with E-state index in [1.807, 2.05) is 13.0 Å². The van der Waals surface area contributed by atoms with Crippen LogP contribution in [0.3, 0.4) is 0 Å². The van der Waals surface area contributed by atoms with Crippen LogP contribution in [-0.4, -0.2) is 44.7 Å². The number of nitrogens with zero attached hydrogens (tertiary/aromatic N) is 4. The molecule has 3 aromatic heterocycles. The number of aryl methyl sites for hydroxylation is 1. The van der Waals surface area contributed by atoms with Gasteiger partial charge < -0.3 is 15.0 Å². The van der Waals surface area contributed by atoms with E-state index >= 15 is 0 Å². The van der Waals surface area contributed by atoms with Gasteiger partial charge in [0.1, 0.15) is 5.69 Å². The lowest BCUT2D eigenvalue weighted by molar-refractivity contribution is -0.0418. The summed E-state index contributed by atoms with van der Waals surface area (Å²) in [5, 5.41) is 0.593. The maximum atomic E-state index is 14.3. The highest BCUT2D eigenvalue weighted by atomic mass is 32.1. The molecular formula is C20H24FN5O2S. The van der Waals surface area contributed by atoms with Crippen LogP contribution in [0.4, 0.5) is 10.3 Å². The van der Waals surface area contributed by atoms with Crippen molar-refractivity contribution in [3.63, 3.8) is 0 Å². The summed E-state index contributed by atoms with van der Waals surface area (Å²) in [6, 6.07) is 2.56. The topological polar surface area (TPSA) is 86.3 Å². The average molecular weight is 418 g/mol. The SMILES string of the molecule is Cc1c(-c2nc(N)ncc2F)sc2cc(CN3C(C)COC[C@@H]3C)n(C)c(=O)c12. The van der Waals surface area contributed by atoms with Gasteiger partial charge in [0.25, 0.3) is 5.56 Å². The fraction of sp³-hybridized carbons (Fsp3) is 0.450. The van der Waals surface area contributed by atoms with Crippen LogP contribution in [0.5, 0.6) is 0 Å². The molecule has 4 rings (SSSR count). The first-order chi connectivity index (χ1) is 13.8. The Kier molecular flexibility index (Phi) is 5.14. The standard InChI is InChI=1S/C20H24FN5O2S/c1-10-8-28-9-11(2)26(10)7-13-5-15-16(19(27)25(13)4)12(3)18(29-15)17-14(21)6-23-20(22)24-17/h5-6,10-11H,7-9H2,1-4H3,(H2,22,23,24)/t10-,11?/m0/s1. The fourth-order valence-electron chi connectivity index (χ4n) is 3.90. The van der Waals surface area contributed by atoms with Crippen LogP contribution < -0.4 is 11.3 Å². The van der Waals surface area contributed by atoms with E-state index < -0.39 is 5.82 Å². The summed E-state index contributed by atoms with van der Waals surface area (Å²) in [6.45, 7) is 8.08. The highest BCUT2D eigenvalue weighted by Gasteiger charge is 2.27. The zero-order valence-electron chi connectivity index (χ0n) is 16.9. The lowest BCUT2D eigenvalue weighted by atomic mass is 10.1. The molecule has 1 saturated heterocycles. The Morgan fingerprint density at radius 2 is 2.03 bits per heavy atom. The number of nitrogen functional groups attached to an aromatic ring is 1. The molecule has 2 N–H and O–H groups in total. The molecule has 0 aromatic carbocycles. The van der Waals surface area contributed by atoms with Crippen LogP contribution in [0.25, 0.3) is 20.7 Å². The molecule has 154 valence electrons. The molecule has 0 spiro atoms. The first-order valence-electron chi connectivity index (χ1n) is 9.51. The van der Waals surface area contributed by atoms with E-state index in [9.17, 15) is 9.18 Å². The summed E-state index contributed by atoms with van der Waals surface area (Å²) in [7, 11) is 1.78. The minimum Gasteiger partial charge on any atom is -0.378 e. The molecule has 0 saturated carbocycles. The summed E-state index contributed by atoms with van der Waals surface area (Å²) in [6.07, 6.45) is 1.06. The van der Waals surface area contributed by atoms with Crippen molar-refractivity contribution in [1.29, 1.82) is 0 Å².